The van der Waals surface area contributed by atoms with E-state index in [0.29, 0.717) is 25.1 Å². The van der Waals surface area contributed by atoms with Crippen molar-refractivity contribution >= 4 is 28.9 Å². The third-order valence-corrected chi connectivity index (χ3v) is 6.71. The lowest BCUT2D eigenvalue weighted by Crippen LogP contribution is -2.58. The van der Waals surface area contributed by atoms with Gasteiger partial charge >= 0.3 is 6.09 Å². The molecule has 5 heterocycles. The molecule has 2 aliphatic heterocycles. The maximum absolute atomic E-state index is 12.4. The molecule has 2 aliphatic rings. The molecule has 0 saturated carbocycles. The summed E-state index contributed by atoms with van der Waals surface area (Å²) in [5.74, 6) is 1.52. The number of anilines is 2. The number of H-pyrrole nitrogens is 1. The number of carbonyl (C=O) groups is 1. The number of carbonyl (C=O) groups excluding carboxylic acids is 1. The summed E-state index contributed by atoms with van der Waals surface area (Å²) in [5.41, 5.74) is 3.05. The van der Waals surface area contributed by atoms with E-state index in [1.54, 1.807) is 11.1 Å². The van der Waals surface area contributed by atoms with E-state index in [2.05, 4.69) is 37.2 Å². The van der Waals surface area contributed by atoms with Crippen LogP contribution in [0, 0.1) is 0 Å². The van der Waals surface area contributed by atoms with Gasteiger partial charge in [-0.25, -0.2) is 24.1 Å². The molecule has 0 spiro atoms. The molecule has 36 heavy (non-hydrogen) atoms. The Morgan fingerprint density at radius 2 is 1.94 bits per heavy atom. The van der Waals surface area contributed by atoms with Gasteiger partial charge in [0.05, 0.1) is 6.20 Å². The maximum atomic E-state index is 12.4. The van der Waals surface area contributed by atoms with Crippen LogP contribution in [0.15, 0.2) is 24.5 Å². The van der Waals surface area contributed by atoms with Gasteiger partial charge in [0.15, 0.2) is 0 Å². The highest BCUT2D eigenvalue weighted by Crippen LogP contribution is 2.29. The molecule has 1 amide bonds. The van der Waals surface area contributed by atoms with E-state index in [1.807, 2.05) is 32.2 Å². The first-order valence-corrected chi connectivity index (χ1v) is 12.4. The SMILES string of the molecule is CC1CN(c2ccc(-c3n[nH]c4cnc(N5C(C)CN(C(=O)OCCF)CC5C)nc34)cn2)CCN1. The van der Waals surface area contributed by atoms with Crippen LogP contribution in [-0.2, 0) is 4.74 Å². The van der Waals surface area contributed by atoms with Gasteiger partial charge in [0.2, 0.25) is 5.95 Å². The van der Waals surface area contributed by atoms with Crippen molar-refractivity contribution in [1.82, 2.24) is 35.4 Å². The predicted octanol–water partition coefficient (Wildman–Crippen LogP) is 2.22. The second-order valence-corrected chi connectivity index (χ2v) is 9.52. The number of rotatable bonds is 5. The molecule has 11 nitrogen and oxygen atoms in total. The summed E-state index contributed by atoms with van der Waals surface area (Å²) in [6, 6.07) is 4.38. The first kappa shape index (κ1) is 24.2. The molecule has 0 radical (unpaired) electrons. The standard InChI is InChI=1S/C24H32FN9O2/c1-15-12-32(8-7-26-15)20-5-4-18(10-27-20)21-22-19(30-31-21)11-28-23(29-22)34-16(2)13-33(14-17(34)3)24(35)36-9-6-25/h4-5,10-11,15-17,26H,6-9,12-14H2,1-3H3,(H,30,31). The number of nitrogens with one attached hydrogen (secondary N) is 2. The quantitative estimate of drug-likeness (QED) is 0.547. The Morgan fingerprint density at radius 1 is 1.14 bits per heavy atom. The fourth-order valence-electron chi connectivity index (χ4n) is 5.07. The average Bonchev–Trinajstić information content (AvgIpc) is 3.30. The molecule has 192 valence electrons. The number of halogens is 1. The number of fused-ring (bicyclic) bond motifs is 1. The van der Waals surface area contributed by atoms with E-state index in [0.717, 1.165) is 47.7 Å². The number of piperazine rings is 2. The van der Waals surface area contributed by atoms with Crippen LogP contribution in [0.5, 0.6) is 0 Å². The third kappa shape index (κ3) is 4.77. The molecule has 5 rings (SSSR count). The van der Waals surface area contributed by atoms with Crippen molar-refractivity contribution < 1.29 is 13.9 Å². The van der Waals surface area contributed by atoms with Crippen LogP contribution in [0.2, 0.25) is 0 Å². The van der Waals surface area contributed by atoms with Crippen molar-refractivity contribution in [3.8, 4) is 11.3 Å². The lowest BCUT2D eigenvalue weighted by Gasteiger charge is -2.43. The zero-order valence-electron chi connectivity index (χ0n) is 20.8. The van der Waals surface area contributed by atoms with Crippen molar-refractivity contribution in [3.63, 3.8) is 0 Å². The van der Waals surface area contributed by atoms with E-state index in [4.69, 9.17) is 14.7 Å². The highest BCUT2D eigenvalue weighted by atomic mass is 19.1. The summed E-state index contributed by atoms with van der Waals surface area (Å²) in [5, 5.41) is 11.0. The Balaban J connectivity index is 1.36. The molecule has 3 atom stereocenters. The second-order valence-electron chi connectivity index (χ2n) is 9.52. The van der Waals surface area contributed by atoms with Gasteiger partial charge in [0.25, 0.3) is 0 Å². The molecule has 12 heteroatoms. The Hall–Kier alpha value is -3.54. The maximum Gasteiger partial charge on any atom is 0.409 e. The lowest BCUT2D eigenvalue weighted by atomic mass is 10.1. The van der Waals surface area contributed by atoms with E-state index in [9.17, 15) is 9.18 Å². The van der Waals surface area contributed by atoms with Crippen LogP contribution in [-0.4, -0.2) is 100 Å². The van der Waals surface area contributed by atoms with Crippen LogP contribution >= 0.6 is 0 Å². The van der Waals surface area contributed by atoms with Crippen LogP contribution in [0.25, 0.3) is 22.3 Å². The third-order valence-electron chi connectivity index (χ3n) is 6.71. The fraction of sp³-hybridized carbons (Fsp3) is 0.542. The summed E-state index contributed by atoms with van der Waals surface area (Å²) in [7, 11) is 0. The normalized spacial score (nSPS) is 22.8. The summed E-state index contributed by atoms with van der Waals surface area (Å²) in [4.78, 5) is 32.4. The summed E-state index contributed by atoms with van der Waals surface area (Å²) >= 11 is 0. The van der Waals surface area contributed by atoms with Crippen LogP contribution in [0.3, 0.4) is 0 Å². The zero-order valence-corrected chi connectivity index (χ0v) is 20.8. The highest BCUT2D eigenvalue weighted by Gasteiger charge is 2.34. The molecule has 3 unspecified atom stereocenters. The molecule has 2 N–H and O–H groups in total. The van der Waals surface area contributed by atoms with Crippen LogP contribution in [0.1, 0.15) is 20.8 Å². The topological polar surface area (TPSA) is 115 Å². The van der Waals surface area contributed by atoms with Crippen molar-refractivity contribution in [3.05, 3.63) is 24.5 Å². The number of alkyl halides is 1. The molecule has 2 saturated heterocycles. The van der Waals surface area contributed by atoms with Gasteiger partial charge in [-0.1, -0.05) is 0 Å². The number of hydrogen-bond acceptors (Lipinski definition) is 9. The van der Waals surface area contributed by atoms with Gasteiger partial charge in [0.1, 0.15) is 35.8 Å². The molecule has 2 fully saturated rings. The van der Waals surface area contributed by atoms with Gasteiger partial charge < -0.3 is 24.8 Å². The first-order valence-electron chi connectivity index (χ1n) is 12.4. The van der Waals surface area contributed by atoms with Crippen molar-refractivity contribution in [1.29, 1.82) is 0 Å². The molecule has 0 bridgehead atoms. The highest BCUT2D eigenvalue weighted by molar-refractivity contribution is 5.89. The Labute approximate surface area is 209 Å². The largest absolute Gasteiger partial charge is 0.447 e. The van der Waals surface area contributed by atoms with Gasteiger partial charge in [-0.15, -0.1) is 0 Å². The number of nitrogens with zero attached hydrogens (tertiary/aromatic N) is 7. The van der Waals surface area contributed by atoms with Gasteiger partial charge in [-0.05, 0) is 32.9 Å². The Kier molecular flexibility index (Phi) is 6.86. The molecule has 3 aromatic heterocycles. The Bertz CT molecular complexity index is 1190. The predicted molar refractivity (Wildman–Crippen MR) is 135 cm³/mol. The molecular formula is C24H32FN9O2. The number of hydrogen-bond donors (Lipinski definition) is 2. The first-order chi connectivity index (χ1) is 17.4. The van der Waals surface area contributed by atoms with Gasteiger partial charge in [-0.3, -0.25) is 5.10 Å². The van der Waals surface area contributed by atoms with E-state index >= 15 is 0 Å². The van der Waals surface area contributed by atoms with Crippen LogP contribution < -0.4 is 15.1 Å². The molecule has 3 aromatic rings. The summed E-state index contributed by atoms with van der Waals surface area (Å²) < 4.78 is 17.4. The van der Waals surface area contributed by atoms with E-state index in [-0.39, 0.29) is 18.7 Å². The smallest absolute Gasteiger partial charge is 0.409 e. The average molecular weight is 498 g/mol. The summed E-state index contributed by atoms with van der Waals surface area (Å²) in [6.45, 7) is 8.94. The molecule has 0 aliphatic carbocycles. The van der Waals surface area contributed by atoms with E-state index < -0.39 is 12.8 Å². The minimum absolute atomic E-state index is 0.0538. The molecular weight excluding hydrogens is 465 g/mol. The second kappa shape index (κ2) is 10.2. The monoisotopic (exact) mass is 497 g/mol. The number of aromatic nitrogens is 5. The van der Waals surface area contributed by atoms with Crippen molar-refractivity contribution in [2.75, 3.05) is 55.8 Å². The number of pyridine rings is 1. The fourth-order valence-corrected chi connectivity index (χ4v) is 5.07. The Morgan fingerprint density at radius 3 is 2.64 bits per heavy atom. The zero-order chi connectivity index (χ0) is 25.2. The number of aromatic amines is 1. The number of amides is 1. The minimum Gasteiger partial charge on any atom is -0.447 e. The molecule has 0 aromatic carbocycles. The van der Waals surface area contributed by atoms with Crippen molar-refractivity contribution in [2.45, 2.75) is 38.9 Å². The summed E-state index contributed by atoms with van der Waals surface area (Å²) in [6.07, 6.45) is 3.08. The van der Waals surface area contributed by atoms with Gasteiger partial charge in [0, 0.05) is 62.6 Å². The van der Waals surface area contributed by atoms with Gasteiger partial charge in [-0.2, -0.15) is 5.10 Å². The van der Waals surface area contributed by atoms with Crippen molar-refractivity contribution in [2.24, 2.45) is 0 Å². The van der Waals surface area contributed by atoms with Crippen LogP contribution in [0.4, 0.5) is 21.0 Å². The van der Waals surface area contributed by atoms with E-state index in [1.165, 1.54) is 0 Å². The lowest BCUT2D eigenvalue weighted by molar-refractivity contribution is 0.0848. The minimum atomic E-state index is -0.690. The number of ether oxygens (including phenoxy) is 1.